The highest BCUT2D eigenvalue weighted by molar-refractivity contribution is 14.1. The van der Waals surface area contributed by atoms with Crippen LogP contribution >= 0.6 is 22.6 Å². The van der Waals surface area contributed by atoms with Crippen molar-refractivity contribution in [3.05, 3.63) is 117 Å². The van der Waals surface area contributed by atoms with E-state index >= 15 is 0 Å². The molecule has 2 aliphatic carbocycles. The van der Waals surface area contributed by atoms with Gasteiger partial charge in [-0.3, -0.25) is 9.59 Å². The fourth-order valence-electron chi connectivity index (χ4n) is 7.89. The van der Waals surface area contributed by atoms with Crippen LogP contribution in [0.3, 0.4) is 0 Å². The molecule has 300 valence electrons. The lowest BCUT2D eigenvalue weighted by Crippen LogP contribution is -2.25. The van der Waals surface area contributed by atoms with Gasteiger partial charge in [-0.15, -0.1) is 0 Å². The second kappa shape index (κ2) is 19.4. The Morgan fingerprint density at radius 1 is 0.661 bits per heavy atom. The van der Waals surface area contributed by atoms with E-state index in [0.29, 0.717) is 31.0 Å². The molecule has 0 aromatic heterocycles. The average Bonchev–Trinajstić information content (AvgIpc) is 3.82. The van der Waals surface area contributed by atoms with Gasteiger partial charge in [0.1, 0.15) is 0 Å². The SMILES string of the molecule is Cc1cc(CNc2ccc(C(F)(F)F)cc2)cc(C)c1NC(=O)CC1CCCC1.Cc1ccc(NCc2cc(C)c(NC(=O)CC3(I)CCCC3)c(C)c2)cc1. The first-order valence-electron chi connectivity index (χ1n) is 19.8. The van der Waals surface area contributed by atoms with Gasteiger partial charge in [0.15, 0.2) is 0 Å². The third kappa shape index (κ3) is 12.7. The molecule has 0 atom stereocenters. The van der Waals surface area contributed by atoms with Gasteiger partial charge in [-0.05, 0) is 136 Å². The summed E-state index contributed by atoms with van der Waals surface area (Å²) in [7, 11) is 0. The van der Waals surface area contributed by atoms with E-state index in [1.54, 1.807) is 0 Å². The maximum absolute atomic E-state index is 12.7. The summed E-state index contributed by atoms with van der Waals surface area (Å²) in [6.45, 7) is 11.4. The van der Waals surface area contributed by atoms with Crippen LogP contribution in [0.25, 0.3) is 0 Å². The fraction of sp³-hybridized carbons (Fsp3) is 0.435. The molecule has 6 rings (SSSR count). The van der Waals surface area contributed by atoms with Gasteiger partial charge >= 0.3 is 6.18 Å². The number of halogens is 4. The van der Waals surface area contributed by atoms with Gasteiger partial charge in [-0.1, -0.05) is 90.2 Å². The van der Waals surface area contributed by atoms with E-state index in [0.717, 1.165) is 89.2 Å². The minimum absolute atomic E-state index is 0.0683. The van der Waals surface area contributed by atoms with Crippen molar-refractivity contribution in [3.8, 4) is 0 Å². The van der Waals surface area contributed by atoms with Gasteiger partial charge in [0.25, 0.3) is 0 Å². The predicted molar refractivity (Wildman–Crippen MR) is 233 cm³/mol. The van der Waals surface area contributed by atoms with Gasteiger partial charge < -0.3 is 21.3 Å². The molecule has 4 N–H and O–H groups in total. The predicted octanol–water partition coefficient (Wildman–Crippen LogP) is 12.8. The molecule has 56 heavy (non-hydrogen) atoms. The Morgan fingerprint density at radius 3 is 1.54 bits per heavy atom. The molecule has 2 fully saturated rings. The Kier molecular flexibility index (Phi) is 14.9. The van der Waals surface area contributed by atoms with Gasteiger partial charge in [0.2, 0.25) is 11.8 Å². The molecule has 0 bridgehead atoms. The van der Waals surface area contributed by atoms with Crippen LogP contribution in [0.1, 0.15) is 109 Å². The van der Waals surface area contributed by atoms with Crippen molar-refractivity contribution in [1.82, 2.24) is 0 Å². The zero-order valence-electron chi connectivity index (χ0n) is 33.3. The summed E-state index contributed by atoms with van der Waals surface area (Å²) < 4.78 is 38.1. The van der Waals surface area contributed by atoms with Crippen LogP contribution < -0.4 is 21.3 Å². The Balaban J connectivity index is 0.000000215. The van der Waals surface area contributed by atoms with Crippen LogP contribution in [0.4, 0.5) is 35.9 Å². The van der Waals surface area contributed by atoms with Crippen molar-refractivity contribution < 1.29 is 22.8 Å². The highest BCUT2D eigenvalue weighted by atomic mass is 127. The van der Waals surface area contributed by atoms with E-state index in [1.165, 1.54) is 48.9 Å². The maximum Gasteiger partial charge on any atom is 0.416 e. The Morgan fingerprint density at radius 2 is 1.09 bits per heavy atom. The van der Waals surface area contributed by atoms with Crippen LogP contribution in [0.15, 0.2) is 72.8 Å². The molecule has 2 amide bonds. The second-order valence-corrected chi connectivity index (χ2v) is 18.1. The molecule has 4 aromatic rings. The van der Waals surface area contributed by atoms with Crippen molar-refractivity contribution in [1.29, 1.82) is 0 Å². The number of hydrogen-bond donors (Lipinski definition) is 4. The zero-order chi connectivity index (χ0) is 40.5. The summed E-state index contributed by atoms with van der Waals surface area (Å²) in [6.07, 6.45) is 6.39. The fourth-order valence-corrected chi connectivity index (χ4v) is 8.99. The number of carbonyl (C=O) groups excluding carboxylic acids is 2. The highest BCUT2D eigenvalue weighted by Crippen LogP contribution is 2.41. The van der Waals surface area contributed by atoms with Gasteiger partial charge in [0, 0.05) is 52.1 Å². The lowest BCUT2D eigenvalue weighted by molar-refractivity contribution is -0.137. The number of alkyl halides is 4. The molecule has 2 saturated carbocycles. The van der Waals surface area contributed by atoms with Crippen LogP contribution in [0.2, 0.25) is 0 Å². The van der Waals surface area contributed by atoms with E-state index in [1.807, 2.05) is 26.0 Å². The Hall–Kier alpha value is -4.06. The summed E-state index contributed by atoms with van der Waals surface area (Å²) >= 11 is 2.50. The smallest absolute Gasteiger partial charge is 0.381 e. The minimum Gasteiger partial charge on any atom is -0.381 e. The molecule has 0 saturated heterocycles. The molecule has 0 spiro atoms. The van der Waals surface area contributed by atoms with Crippen molar-refractivity contribution in [2.45, 2.75) is 122 Å². The monoisotopic (exact) mass is 880 g/mol. The molecule has 10 heteroatoms. The lowest BCUT2D eigenvalue weighted by atomic mass is 10.0. The van der Waals surface area contributed by atoms with Crippen LogP contribution in [0, 0.1) is 40.5 Å². The summed E-state index contributed by atoms with van der Waals surface area (Å²) in [5.74, 6) is 0.713. The first-order chi connectivity index (χ1) is 26.6. The number of benzene rings is 4. The topological polar surface area (TPSA) is 82.3 Å². The third-order valence-electron chi connectivity index (χ3n) is 10.9. The largest absolute Gasteiger partial charge is 0.416 e. The molecular formula is C46H56F3IN4O2. The molecule has 6 nitrogen and oxygen atoms in total. The van der Waals surface area contributed by atoms with Gasteiger partial charge in [-0.25, -0.2) is 0 Å². The number of aryl methyl sites for hydroxylation is 5. The number of anilines is 4. The lowest BCUT2D eigenvalue weighted by Gasteiger charge is -2.21. The van der Waals surface area contributed by atoms with Crippen molar-refractivity contribution in [2.75, 3.05) is 21.3 Å². The zero-order valence-corrected chi connectivity index (χ0v) is 35.5. The summed E-state index contributed by atoms with van der Waals surface area (Å²) in [5.41, 5.74) is 10.6. The quantitative estimate of drug-likeness (QED) is 0.0844. The number of rotatable bonds is 12. The molecular weight excluding hydrogens is 824 g/mol. The van der Waals surface area contributed by atoms with E-state index in [-0.39, 0.29) is 15.2 Å². The minimum atomic E-state index is -4.33. The first kappa shape index (κ1) is 43.1. The van der Waals surface area contributed by atoms with Crippen molar-refractivity contribution >= 4 is 57.2 Å². The van der Waals surface area contributed by atoms with Crippen molar-refractivity contribution in [3.63, 3.8) is 0 Å². The number of amides is 2. The van der Waals surface area contributed by atoms with E-state index in [4.69, 9.17) is 0 Å². The Bertz CT molecular complexity index is 1900. The molecule has 4 aromatic carbocycles. The first-order valence-corrected chi connectivity index (χ1v) is 20.9. The number of carbonyl (C=O) groups is 2. The maximum atomic E-state index is 12.7. The van der Waals surface area contributed by atoms with E-state index in [9.17, 15) is 22.8 Å². The van der Waals surface area contributed by atoms with Crippen LogP contribution in [0.5, 0.6) is 0 Å². The molecule has 0 radical (unpaired) electrons. The average molecular weight is 881 g/mol. The molecule has 0 unspecified atom stereocenters. The molecule has 0 heterocycles. The normalized spacial score (nSPS) is 15.2. The Labute approximate surface area is 344 Å². The number of nitrogens with one attached hydrogen (secondary N) is 4. The van der Waals surface area contributed by atoms with Crippen LogP contribution in [-0.4, -0.2) is 15.2 Å². The summed E-state index contributed by atoms with van der Waals surface area (Å²) in [4.78, 5) is 24.9. The summed E-state index contributed by atoms with van der Waals surface area (Å²) in [5, 5.41) is 12.9. The summed E-state index contributed by atoms with van der Waals surface area (Å²) in [6, 6.07) is 21.8. The van der Waals surface area contributed by atoms with E-state index in [2.05, 4.69) is 101 Å². The third-order valence-corrected chi connectivity index (χ3v) is 12.4. The van der Waals surface area contributed by atoms with Gasteiger partial charge in [0.05, 0.1) is 5.56 Å². The second-order valence-electron chi connectivity index (χ2n) is 15.8. The van der Waals surface area contributed by atoms with E-state index < -0.39 is 11.7 Å². The molecule has 2 aliphatic rings. The standard InChI is InChI=1S/C23H27F3N2O.C23H29IN2O/c1-15-11-18(14-27-20-9-7-19(8-10-20)23(24,25)26)12-16(2)22(15)28-21(29)13-17-5-3-4-6-17;1-16-6-8-20(9-7-16)25-15-19-12-17(2)22(18(3)13-19)26-21(27)14-23(24)10-4-5-11-23/h7-12,17,27H,3-6,13-14H2,1-2H3,(H,28,29);6-9,12-13,25H,4-5,10-11,14-15H2,1-3H3,(H,26,27). The van der Waals surface area contributed by atoms with Gasteiger partial charge in [-0.2, -0.15) is 13.2 Å². The number of hydrogen-bond acceptors (Lipinski definition) is 4. The highest BCUT2D eigenvalue weighted by Gasteiger charge is 2.33. The van der Waals surface area contributed by atoms with Crippen LogP contribution in [-0.2, 0) is 28.9 Å². The molecule has 0 aliphatic heterocycles. The van der Waals surface area contributed by atoms with Crippen molar-refractivity contribution in [2.24, 2.45) is 5.92 Å².